The Balaban J connectivity index is 1.72. The summed E-state index contributed by atoms with van der Waals surface area (Å²) in [5.74, 6) is 1.04. The van der Waals surface area contributed by atoms with Crippen LogP contribution < -0.4 is 25.5 Å². The molecule has 178 valence electrons. The Bertz CT molecular complexity index is 1320. The zero-order chi connectivity index (χ0) is 24.4. The largest absolute Gasteiger partial charge is 0.494 e. The van der Waals surface area contributed by atoms with Crippen molar-refractivity contribution in [3.05, 3.63) is 80.0 Å². The lowest BCUT2D eigenvalue weighted by Crippen LogP contribution is -2.34. The molecule has 2 N–H and O–H groups in total. The number of hydrogen-bond donors (Lipinski definition) is 2. The van der Waals surface area contributed by atoms with Crippen LogP contribution in [-0.4, -0.2) is 53.8 Å². The topological polar surface area (TPSA) is 118 Å². The van der Waals surface area contributed by atoms with Crippen LogP contribution in [0.5, 0.6) is 23.1 Å². The minimum Gasteiger partial charge on any atom is -0.494 e. The van der Waals surface area contributed by atoms with Gasteiger partial charge < -0.3 is 19.3 Å². The monoisotopic (exact) mass is 466 g/mol. The fourth-order valence-electron chi connectivity index (χ4n) is 4.13. The highest BCUT2D eigenvalue weighted by molar-refractivity contribution is 6.03. The highest BCUT2D eigenvalue weighted by Crippen LogP contribution is 2.42. The van der Waals surface area contributed by atoms with Crippen molar-refractivity contribution in [2.75, 3.05) is 28.4 Å². The number of hydrogen-bond acceptors (Lipinski definition) is 8. The molecule has 34 heavy (non-hydrogen) atoms. The number of nitrogens with one attached hydrogen (secondary N) is 1. The van der Waals surface area contributed by atoms with Gasteiger partial charge in [-0.1, -0.05) is 30.3 Å². The second kappa shape index (κ2) is 9.34. The summed E-state index contributed by atoms with van der Waals surface area (Å²) in [5.41, 5.74) is 0.579. The molecule has 10 heteroatoms. The minimum atomic E-state index is -0.691. The Hall–Kier alpha value is -4.21. The van der Waals surface area contributed by atoms with E-state index < -0.39 is 17.1 Å². The van der Waals surface area contributed by atoms with Gasteiger partial charge in [-0.3, -0.25) is 19.4 Å². The fourth-order valence-corrected chi connectivity index (χ4v) is 4.13. The van der Waals surface area contributed by atoms with Gasteiger partial charge in [-0.25, -0.2) is 4.79 Å². The highest BCUT2D eigenvalue weighted by Gasteiger charge is 2.32. The maximum Gasteiger partial charge on any atom is 0.331 e. The quantitative estimate of drug-likeness (QED) is 0.547. The first-order valence-corrected chi connectivity index (χ1v) is 10.6. The first-order chi connectivity index (χ1) is 16.4. The predicted octanol–water partition coefficient (Wildman–Crippen LogP) is 2.10. The molecule has 0 bridgehead atoms. The van der Waals surface area contributed by atoms with Crippen molar-refractivity contribution >= 4 is 5.71 Å². The molecule has 0 amide bonds. The molecule has 1 aromatic heterocycles. The van der Waals surface area contributed by atoms with Crippen molar-refractivity contribution in [1.82, 2.24) is 14.6 Å². The summed E-state index contributed by atoms with van der Waals surface area (Å²) in [4.78, 5) is 27.4. The molecular weight excluding hydrogens is 440 g/mol. The van der Waals surface area contributed by atoms with E-state index in [0.29, 0.717) is 29.4 Å². The van der Waals surface area contributed by atoms with Gasteiger partial charge in [0.15, 0.2) is 11.5 Å². The summed E-state index contributed by atoms with van der Waals surface area (Å²) in [6.07, 6.45) is 0.315. The molecule has 1 atom stereocenters. The van der Waals surface area contributed by atoms with E-state index in [1.807, 2.05) is 42.5 Å². The summed E-state index contributed by atoms with van der Waals surface area (Å²) < 4.78 is 17.4. The maximum atomic E-state index is 12.7. The summed E-state index contributed by atoms with van der Waals surface area (Å²) >= 11 is 0. The first kappa shape index (κ1) is 23.0. The van der Waals surface area contributed by atoms with Crippen LogP contribution in [0.2, 0.25) is 0 Å². The Kier molecular flexibility index (Phi) is 6.31. The van der Waals surface area contributed by atoms with Crippen LogP contribution in [0.3, 0.4) is 0 Å². The van der Waals surface area contributed by atoms with Crippen LogP contribution in [0.1, 0.15) is 29.2 Å². The van der Waals surface area contributed by atoms with Crippen LogP contribution in [0, 0.1) is 0 Å². The molecule has 0 radical (unpaired) electrons. The van der Waals surface area contributed by atoms with E-state index in [1.165, 1.54) is 21.3 Å². The lowest BCUT2D eigenvalue weighted by Gasteiger charge is -2.21. The van der Waals surface area contributed by atoms with Gasteiger partial charge in [0.1, 0.15) is 5.56 Å². The number of aromatic amines is 1. The fraction of sp³-hybridized carbons (Fsp3) is 0.292. The number of ether oxygens (including phenoxy) is 3. The third-order valence-corrected chi connectivity index (χ3v) is 5.83. The molecule has 0 aliphatic carbocycles. The SMILES string of the molecule is COc1cc([C@H]2CC(c3c(O)n(Cc4ccccc4)c(=O)[nH]c3=O)=NN2C)cc(OC)c1OC. The van der Waals surface area contributed by atoms with Crippen molar-refractivity contribution in [3.63, 3.8) is 0 Å². The van der Waals surface area contributed by atoms with Crippen LogP contribution in [0.4, 0.5) is 0 Å². The van der Waals surface area contributed by atoms with E-state index in [-0.39, 0.29) is 18.2 Å². The average molecular weight is 466 g/mol. The summed E-state index contributed by atoms with van der Waals surface area (Å²) in [6.45, 7) is 0.106. The predicted molar refractivity (Wildman–Crippen MR) is 126 cm³/mol. The molecule has 1 aliphatic rings. The number of aromatic hydroxyl groups is 1. The molecule has 1 aliphatic heterocycles. The van der Waals surface area contributed by atoms with Gasteiger partial charge in [0.2, 0.25) is 11.6 Å². The molecule has 10 nitrogen and oxygen atoms in total. The Morgan fingerprint density at radius 2 is 1.71 bits per heavy atom. The van der Waals surface area contributed by atoms with E-state index in [2.05, 4.69) is 10.1 Å². The number of H-pyrrole nitrogens is 1. The maximum absolute atomic E-state index is 12.7. The van der Waals surface area contributed by atoms with Gasteiger partial charge in [0.25, 0.3) is 5.56 Å². The van der Waals surface area contributed by atoms with Gasteiger partial charge in [-0.15, -0.1) is 0 Å². The highest BCUT2D eigenvalue weighted by atomic mass is 16.5. The van der Waals surface area contributed by atoms with E-state index in [9.17, 15) is 14.7 Å². The summed E-state index contributed by atoms with van der Waals surface area (Å²) in [6, 6.07) is 12.6. The normalized spacial score (nSPS) is 15.2. The molecule has 0 saturated heterocycles. The lowest BCUT2D eigenvalue weighted by molar-refractivity contribution is 0.284. The van der Waals surface area contributed by atoms with Crippen LogP contribution in [-0.2, 0) is 6.54 Å². The zero-order valence-corrected chi connectivity index (χ0v) is 19.4. The second-order valence-corrected chi connectivity index (χ2v) is 7.83. The van der Waals surface area contributed by atoms with Gasteiger partial charge in [-0.05, 0) is 23.3 Å². The number of aromatic nitrogens is 2. The van der Waals surface area contributed by atoms with Crippen molar-refractivity contribution in [3.8, 4) is 23.1 Å². The first-order valence-electron chi connectivity index (χ1n) is 10.6. The number of benzene rings is 2. The van der Waals surface area contributed by atoms with Gasteiger partial charge >= 0.3 is 5.69 Å². The molecule has 2 heterocycles. The number of hydrazone groups is 1. The van der Waals surface area contributed by atoms with Crippen LogP contribution in [0.15, 0.2) is 57.2 Å². The Labute approximate surface area is 195 Å². The van der Waals surface area contributed by atoms with E-state index in [4.69, 9.17) is 14.2 Å². The number of rotatable bonds is 7. The molecule has 0 unspecified atom stereocenters. The number of methoxy groups -OCH3 is 3. The Morgan fingerprint density at radius 1 is 1.06 bits per heavy atom. The smallest absolute Gasteiger partial charge is 0.331 e. The van der Waals surface area contributed by atoms with Gasteiger partial charge in [0.05, 0.1) is 39.6 Å². The summed E-state index contributed by atoms with van der Waals surface area (Å²) in [5, 5.41) is 17.1. The average Bonchev–Trinajstić information content (AvgIpc) is 3.22. The summed E-state index contributed by atoms with van der Waals surface area (Å²) in [7, 11) is 6.37. The van der Waals surface area contributed by atoms with Gasteiger partial charge in [-0.2, -0.15) is 5.10 Å². The zero-order valence-electron chi connectivity index (χ0n) is 19.4. The molecule has 3 aromatic rings. The second-order valence-electron chi connectivity index (χ2n) is 7.83. The third kappa shape index (κ3) is 4.09. The van der Waals surface area contributed by atoms with Crippen molar-refractivity contribution in [1.29, 1.82) is 0 Å². The molecule has 0 fully saturated rings. The molecular formula is C24H26N4O6. The van der Waals surface area contributed by atoms with Crippen molar-refractivity contribution in [2.45, 2.75) is 19.0 Å². The van der Waals surface area contributed by atoms with E-state index in [1.54, 1.807) is 12.1 Å². The van der Waals surface area contributed by atoms with Gasteiger partial charge in [0, 0.05) is 13.5 Å². The molecule has 4 rings (SSSR count). The van der Waals surface area contributed by atoms with E-state index in [0.717, 1.165) is 15.7 Å². The molecule has 0 spiro atoms. The van der Waals surface area contributed by atoms with Crippen LogP contribution in [0.25, 0.3) is 0 Å². The van der Waals surface area contributed by atoms with Crippen LogP contribution >= 0.6 is 0 Å². The van der Waals surface area contributed by atoms with Crippen molar-refractivity contribution in [2.24, 2.45) is 5.10 Å². The molecule has 2 aromatic carbocycles. The van der Waals surface area contributed by atoms with E-state index >= 15 is 0 Å². The minimum absolute atomic E-state index is 0.0303. The standard InChI is InChI=1S/C24H26N4O6/c1-27-17(15-10-18(32-2)21(34-4)19(11-15)33-3)12-16(26-27)20-22(29)25-24(31)28(23(20)30)13-14-8-6-5-7-9-14/h5-11,17,30H,12-13H2,1-4H3,(H,25,29,31)/t17-/m1/s1. The Morgan fingerprint density at radius 3 is 2.29 bits per heavy atom. The third-order valence-electron chi connectivity index (χ3n) is 5.83. The lowest BCUT2D eigenvalue weighted by atomic mass is 9.98. The van der Waals surface area contributed by atoms with Crippen molar-refractivity contribution < 1.29 is 19.3 Å². The number of nitrogens with zero attached hydrogens (tertiary/aromatic N) is 3. The molecule has 0 saturated carbocycles.